The van der Waals surface area contributed by atoms with Crippen molar-refractivity contribution in [1.29, 1.82) is 0 Å². The zero-order valence-corrected chi connectivity index (χ0v) is 15.8. The molecule has 0 spiro atoms. The lowest BCUT2D eigenvalue weighted by Crippen LogP contribution is -2.29. The summed E-state index contributed by atoms with van der Waals surface area (Å²) in [5.74, 6) is -1.22. The van der Waals surface area contributed by atoms with Crippen molar-refractivity contribution in [2.75, 3.05) is 18.5 Å². The van der Waals surface area contributed by atoms with Crippen LogP contribution in [0.4, 0.5) is 5.69 Å². The van der Waals surface area contributed by atoms with Gasteiger partial charge in [-0.2, -0.15) is 0 Å². The van der Waals surface area contributed by atoms with E-state index in [9.17, 15) is 14.4 Å². The van der Waals surface area contributed by atoms with Crippen molar-refractivity contribution in [3.05, 3.63) is 65.7 Å². The van der Waals surface area contributed by atoms with Crippen LogP contribution in [0.2, 0.25) is 0 Å². The molecular formula is C22H24N2O4. The first-order chi connectivity index (χ1) is 13.6. The number of amides is 2. The Bertz CT molecular complexity index is 833. The van der Waals surface area contributed by atoms with Crippen LogP contribution in [-0.2, 0) is 20.7 Å². The van der Waals surface area contributed by atoms with Gasteiger partial charge in [0.25, 0.3) is 0 Å². The highest BCUT2D eigenvalue weighted by Gasteiger charge is 2.47. The maximum atomic E-state index is 12.3. The molecule has 6 heteroatoms. The van der Waals surface area contributed by atoms with E-state index in [1.807, 2.05) is 30.3 Å². The van der Waals surface area contributed by atoms with Crippen LogP contribution >= 0.6 is 0 Å². The minimum Gasteiger partial charge on any atom is -0.462 e. The summed E-state index contributed by atoms with van der Waals surface area (Å²) < 4.78 is 4.93. The van der Waals surface area contributed by atoms with Gasteiger partial charge < -0.3 is 15.4 Å². The maximum absolute atomic E-state index is 12.3. The standard InChI is InChI=1S/C22H24N2O4/c1-2-28-22(27)16-8-10-17(11-9-16)24-21(26)19-14-18(19)20(25)23-13-12-15-6-4-3-5-7-15/h3-11,18-19H,2,12-14H2,1H3,(H,23,25)(H,24,26). The molecule has 2 amide bonds. The van der Waals surface area contributed by atoms with Gasteiger partial charge in [-0.05, 0) is 49.6 Å². The van der Waals surface area contributed by atoms with Gasteiger partial charge >= 0.3 is 5.97 Å². The molecule has 0 saturated heterocycles. The molecule has 2 N–H and O–H groups in total. The van der Waals surface area contributed by atoms with Crippen molar-refractivity contribution in [3.63, 3.8) is 0 Å². The van der Waals surface area contributed by atoms with Gasteiger partial charge in [0.15, 0.2) is 0 Å². The lowest BCUT2D eigenvalue weighted by atomic mass is 10.1. The molecule has 2 atom stereocenters. The van der Waals surface area contributed by atoms with E-state index < -0.39 is 5.97 Å². The number of rotatable bonds is 8. The van der Waals surface area contributed by atoms with Crippen molar-refractivity contribution in [1.82, 2.24) is 5.32 Å². The Morgan fingerprint density at radius 3 is 2.32 bits per heavy atom. The van der Waals surface area contributed by atoms with Gasteiger partial charge in [-0.1, -0.05) is 30.3 Å². The van der Waals surface area contributed by atoms with Crippen LogP contribution in [-0.4, -0.2) is 30.9 Å². The molecule has 146 valence electrons. The molecule has 28 heavy (non-hydrogen) atoms. The Morgan fingerprint density at radius 2 is 1.64 bits per heavy atom. The van der Waals surface area contributed by atoms with Crippen LogP contribution in [0.3, 0.4) is 0 Å². The third kappa shape index (κ3) is 5.19. The van der Waals surface area contributed by atoms with E-state index in [4.69, 9.17) is 4.74 Å². The summed E-state index contributed by atoms with van der Waals surface area (Å²) in [6, 6.07) is 16.5. The Balaban J connectivity index is 1.42. The third-order valence-corrected chi connectivity index (χ3v) is 4.68. The molecule has 0 heterocycles. The van der Waals surface area contributed by atoms with Crippen molar-refractivity contribution in [2.24, 2.45) is 11.8 Å². The first-order valence-corrected chi connectivity index (χ1v) is 9.48. The topological polar surface area (TPSA) is 84.5 Å². The lowest BCUT2D eigenvalue weighted by molar-refractivity contribution is -0.125. The second-order valence-corrected chi connectivity index (χ2v) is 6.76. The van der Waals surface area contributed by atoms with Crippen LogP contribution in [0.5, 0.6) is 0 Å². The largest absolute Gasteiger partial charge is 0.462 e. The molecule has 0 aromatic heterocycles. The maximum Gasteiger partial charge on any atom is 0.338 e. The van der Waals surface area contributed by atoms with E-state index in [0.717, 1.165) is 6.42 Å². The van der Waals surface area contributed by atoms with Crippen LogP contribution in [0.15, 0.2) is 54.6 Å². The predicted octanol–water partition coefficient (Wildman–Crippen LogP) is 2.80. The molecule has 2 aromatic rings. The molecule has 0 radical (unpaired) electrons. The van der Waals surface area contributed by atoms with E-state index in [0.29, 0.717) is 30.8 Å². The van der Waals surface area contributed by atoms with Crippen molar-refractivity contribution in [2.45, 2.75) is 19.8 Å². The number of carbonyl (C=O) groups is 3. The molecule has 3 rings (SSSR count). The quantitative estimate of drug-likeness (QED) is 0.690. The highest BCUT2D eigenvalue weighted by Crippen LogP contribution is 2.39. The fraction of sp³-hybridized carbons (Fsp3) is 0.318. The second kappa shape index (κ2) is 9.17. The Morgan fingerprint density at radius 1 is 0.964 bits per heavy atom. The van der Waals surface area contributed by atoms with E-state index in [1.54, 1.807) is 31.2 Å². The molecule has 1 aliphatic carbocycles. The van der Waals surface area contributed by atoms with E-state index >= 15 is 0 Å². The number of esters is 1. The van der Waals surface area contributed by atoms with Gasteiger partial charge in [-0.3, -0.25) is 9.59 Å². The normalized spacial score (nSPS) is 17.5. The minimum absolute atomic E-state index is 0.0752. The van der Waals surface area contributed by atoms with Gasteiger partial charge in [0.05, 0.1) is 24.0 Å². The zero-order valence-electron chi connectivity index (χ0n) is 15.8. The number of hydrogen-bond acceptors (Lipinski definition) is 4. The Hall–Kier alpha value is -3.15. The Kier molecular flexibility index (Phi) is 6.42. The number of hydrogen-bond donors (Lipinski definition) is 2. The summed E-state index contributed by atoms with van der Waals surface area (Å²) in [6.07, 6.45) is 1.33. The lowest BCUT2D eigenvalue weighted by Gasteiger charge is -2.07. The fourth-order valence-corrected chi connectivity index (χ4v) is 3.02. The van der Waals surface area contributed by atoms with E-state index in [2.05, 4.69) is 10.6 Å². The molecule has 6 nitrogen and oxygen atoms in total. The summed E-state index contributed by atoms with van der Waals surface area (Å²) in [4.78, 5) is 36.2. The van der Waals surface area contributed by atoms with E-state index in [1.165, 1.54) is 5.56 Å². The first kappa shape index (κ1) is 19.6. The average molecular weight is 380 g/mol. The highest BCUT2D eigenvalue weighted by molar-refractivity contribution is 5.99. The second-order valence-electron chi connectivity index (χ2n) is 6.76. The van der Waals surface area contributed by atoms with Gasteiger partial charge in [0.2, 0.25) is 11.8 Å². The van der Waals surface area contributed by atoms with Crippen LogP contribution in [0, 0.1) is 11.8 Å². The number of carbonyl (C=O) groups excluding carboxylic acids is 3. The van der Waals surface area contributed by atoms with Crippen molar-refractivity contribution < 1.29 is 19.1 Å². The van der Waals surface area contributed by atoms with Crippen molar-refractivity contribution in [3.8, 4) is 0 Å². The highest BCUT2D eigenvalue weighted by atomic mass is 16.5. The molecular weight excluding hydrogens is 356 g/mol. The summed E-state index contributed by atoms with van der Waals surface area (Å²) in [6.45, 7) is 2.62. The van der Waals surface area contributed by atoms with Crippen molar-refractivity contribution >= 4 is 23.5 Å². The molecule has 2 aromatic carbocycles. The SMILES string of the molecule is CCOC(=O)c1ccc(NC(=O)C2CC2C(=O)NCCc2ccccc2)cc1. The number of benzene rings is 2. The number of ether oxygens (including phenoxy) is 1. The van der Waals surface area contributed by atoms with Gasteiger partial charge in [0.1, 0.15) is 0 Å². The summed E-state index contributed by atoms with van der Waals surface area (Å²) in [5, 5.41) is 5.70. The van der Waals surface area contributed by atoms with Gasteiger partial charge in [0, 0.05) is 12.2 Å². The average Bonchev–Trinajstić information content (AvgIpc) is 3.51. The molecule has 2 unspecified atom stereocenters. The number of nitrogens with one attached hydrogen (secondary N) is 2. The zero-order chi connectivity index (χ0) is 19.9. The predicted molar refractivity (Wildman–Crippen MR) is 106 cm³/mol. The van der Waals surface area contributed by atoms with E-state index in [-0.39, 0.29) is 23.7 Å². The fourth-order valence-electron chi connectivity index (χ4n) is 3.02. The van der Waals surface area contributed by atoms with Gasteiger partial charge in [-0.15, -0.1) is 0 Å². The monoisotopic (exact) mass is 380 g/mol. The molecule has 0 aliphatic heterocycles. The minimum atomic E-state index is -0.394. The molecule has 1 saturated carbocycles. The van der Waals surface area contributed by atoms with Gasteiger partial charge in [-0.25, -0.2) is 4.79 Å². The first-order valence-electron chi connectivity index (χ1n) is 9.48. The van der Waals surface area contributed by atoms with Crippen LogP contribution < -0.4 is 10.6 Å². The van der Waals surface area contributed by atoms with Crippen LogP contribution in [0.1, 0.15) is 29.3 Å². The molecule has 1 aliphatic rings. The third-order valence-electron chi connectivity index (χ3n) is 4.68. The summed E-state index contributed by atoms with van der Waals surface area (Å²) in [5.41, 5.74) is 2.19. The van der Waals surface area contributed by atoms with Crippen LogP contribution in [0.25, 0.3) is 0 Å². The summed E-state index contributed by atoms with van der Waals surface area (Å²) in [7, 11) is 0. The smallest absolute Gasteiger partial charge is 0.338 e. The number of anilines is 1. The molecule has 0 bridgehead atoms. The summed E-state index contributed by atoms with van der Waals surface area (Å²) >= 11 is 0. The molecule has 1 fully saturated rings. The Labute approximate surface area is 164 Å².